The quantitative estimate of drug-likeness (QED) is 0.783. The molecule has 6 nitrogen and oxygen atoms in total. The summed E-state index contributed by atoms with van der Waals surface area (Å²) in [6.45, 7) is 0. The standard InChI is InChI=1S/C9H14N6S/c1-14-5-4-11-7(14)3-6-16-9-13-12-8(10)15(9)2/h4-5H,3,6H2,1-2H3,(H2,10,12). The van der Waals surface area contributed by atoms with E-state index < -0.39 is 0 Å². The van der Waals surface area contributed by atoms with Crippen molar-refractivity contribution >= 4 is 17.7 Å². The van der Waals surface area contributed by atoms with E-state index in [2.05, 4.69) is 15.2 Å². The van der Waals surface area contributed by atoms with Crippen LogP contribution in [0.3, 0.4) is 0 Å². The summed E-state index contributed by atoms with van der Waals surface area (Å²) in [6, 6.07) is 0. The molecule has 7 heteroatoms. The number of anilines is 1. The SMILES string of the molecule is Cn1ccnc1CCSc1nnc(N)n1C. The summed E-state index contributed by atoms with van der Waals surface area (Å²) in [7, 11) is 3.85. The second-order valence-electron chi connectivity index (χ2n) is 3.45. The number of hydrogen-bond acceptors (Lipinski definition) is 5. The van der Waals surface area contributed by atoms with Gasteiger partial charge in [-0.3, -0.25) is 4.57 Å². The second kappa shape index (κ2) is 4.56. The number of nitrogens with zero attached hydrogens (tertiary/aromatic N) is 5. The largest absolute Gasteiger partial charge is 0.368 e. The highest BCUT2D eigenvalue weighted by molar-refractivity contribution is 7.99. The van der Waals surface area contributed by atoms with Gasteiger partial charge in [0.05, 0.1) is 0 Å². The van der Waals surface area contributed by atoms with Gasteiger partial charge in [0.15, 0.2) is 5.16 Å². The molecule has 0 saturated heterocycles. The molecule has 0 amide bonds. The van der Waals surface area contributed by atoms with Gasteiger partial charge in [-0.05, 0) is 0 Å². The summed E-state index contributed by atoms with van der Waals surface area (Å²) in [5, 5.41) is 8.62. The summed E-state index contributed by atoms with van der Waals surface area (Å²) in [5.74, 6) is 2.43. The van der Waals surface area contributed by atoms with Crippen LogP contribution in [0.25, 0.3) is 0 Å². The van der Waals surface area contributed by atoms with E-state index in [0.29, 0.717) is 5.95 Å². The van der Waals surface area contributed by atoms with Crippen molar-refractivity contribution in [2.45, 2.75) is 11.6 Å². The fraction of sp³-hybridized carbons (Fsp3) is 0.444. The van der Waals surface area contributed by atoms with Crippen molar-refractivity contribution in [3.8, 4) is 0 Å². The number of hydrogen-bond donors (Lipinski definition) is 1. The topological polar surface area (TPSA) is 74.6 Å². The zero-order chi connectivity index (χ0) is 11.5. The first-order valence-electron chi connectivity index (χ1n) is 4.92. The summed E-state index contributed by atoms with van der Waals surface area (Å²) in [5.41, 5.74) is 5.59. The maximum atomic E-state index is 5.59. The minimum absolute atomic E-state index is 0.444. The van der Waals surface area contributed by atoms with E-state index in [0.717, 1.165) is 23.2 Å². The van der Waals surface area contributed by atoms with Crippen LogP contribution in [0.2, 0.25) is 0 Å². The molecule has 2 heterocycles. The highest BCUT2D eigenvalue weighted by Gasteiger charge is 2.06. The molecule has 0 unspecified atom stereocenters. The monoisotopic (exact) mass is 238 g/mol. The first-order chi connectivity index (χ1) is 7.68. The molecule has 0 bridgehead atoms. The highest BCUT2D eigenvalue weighted by atomic mass is 32.2. The molecule has 0 atom stereocenters. The predicted molar refractivity (Wildman–Crippen MR) is 63.1 cm³/mol. The molecule has 0 aliphatic heterocycles. The second-order valence-corrected chi connectivity index (χ2v) is 4.51. The Hall–Kier alpha value is -1.50. The molecular formula is C9H14N6S. The van der Waals surface area contributed by atoms with Crippen LogP contribution in [0, 0.1) is 0 Å². The van der Waals surface area contributed by atoms with Crippen LogP contribution in [0.1, 0.15) is 5.82 Å². The average Bonchev–Trinajstić information content (AvgIpc) is 2.80. The number of nitrogens with two attached hydrogens (primary N) is 1. The van der Waals surface area contributed by atoms with Crippen molar-refractivity contribution in [2.75, 3.05) is 11.5 Å². The molecule has 16 heavy (non-hydrogen) atoms. The van der Waals surface area contributed by atoms with Gasteiger partial charge < -0.3 is 10.3 Å². The maximum absolute atomic E-state index is 5.59. The molecule has 0 fully saturated rings. The van der Waals surface area contributed by atoms with Crippen molar-refractivity contribution in [3.05, 3.63) is 18.2 Å². The molecule has 2 aromatic rings. The zero-order valence-corrected chi connectivity index (χ0v) is 10.1. The third kappa shape index (κ3) is 2.19. The van der Waals surface area contributed by atoms with Gasteiger partial charge in [-0.25, -0.2) is 4.98 Å². The summed E-state index contributed by atoms with van der Waals surface area (Å²) < 4.78 is 3.80. The van der Waals surface area contributed by atoms with E-state index in [1.807, 2.05) is 24.9 Å². The van der Waals surface area contributed by atoms with Gasteiger partial charge in [-0.1, -0.05) is 11.8 Å². The number of imidazole rings is 1. The van der Waals surface area contributed by atoms with Crippen molar-refractivity contribution in [2.24, 2.45) is 14.1 Å². The first-order valence-corrected chi connectivity index (χ1v) is 5.91. The fourth-order valence-corrected chi connectivity index (χ4v) is 2.18. The Labute approximate surface area is 97.9 Å². The summed E-state index contributed by atoms with van der Waals surface area (Å²) >= 11 is 1.63. The molecule has 0 aromatic carbocycles. The molecule has 0 aliphatic carbocycles. The Morgan fingerprint density at radius 3 is 2.75 bits per heavy atom. The lowest BCUT2D eigenvalue weighted by Crippen LogP contribution is -2.01. The third-order valence-corrected chi connectivity index (χ3v) is 3.37. The normalized spacial score (nSPS) is 10.9. The van der Waals surface area contributed by atoms with Gasteiger partial charge in [0.1, 0.15) is 5.82 Å². The van der Waals surface area contributed by atoms with E-state index in [1.165, 1.54) is 0 Å². The van der Waals surface area contributed by atoms with Crippen LogP contribution < -0.4 is 5.73 Å². The van der Waals surface area contributed by atoms with Crippen LogP contribution in [-0.2, 0) is 20.5 Å². The number of rotatable bonds is 4. The number of aryl methyl sites for hydroxylation is 2. The highest BCUT2D eigenvalue weighted by Crippen LogP contribution is 2.17. The van der Waals surface area contributed by atoms with Crippen molar-refractivity contribution < 1.29 is 0 Å². The fourth-order valence-electron chi connectivity index (χ4n) is 1.32. The molecule has 0 saturated carbocycles. The van der Waals surface area contributed by atoms with Crippen molar-refractivity contribution in [1.82, 2.24) is 24.3 Å². The van der Waals surface area contributed by atoms with Crippen LogP contribution in [0.5, 0.6) is 0 Å². The molecule has 0 aliphatic rings. The molecule has 0 radical (unpaired) electrons. The van der Waals surface area contributed by atoms with E-state index in [4.69, 9.17) is 5.73 Å². The molecule has 0 spiro atoms. The maximum Gasteiger partial charge on any atom is 0.222 e. The summed E-state index contributed by atoms with van der Waals surface area (Å²) in [6.07, 6.45) is 4.65. The average molecular weight is 238 g/mol. The molecule has 2 aromatic heterocycles. The zero-order valence-electron chi connectivity index (χ0n) is 9.29. The number of aromatic nitrogens is 5. The molecule has 2 rings (SSSR count). The lowest BCUT2D eigenvalue weighted by Gasteiger charge is -2.02. The van der Waals surface area contributed by atoms with Crippen LogP contribution in [-0.4, -0.2) is 30.1 Å². The Morgan fingerprint density at radius 2 is 2.19 bits per heavy atom. The van der Waals surface area contributed by atoms with Gasteiger partial charge in [-0.2, -0.15) is 0 Å². The summed E-state index contributed by atoms with van der Waals surface area (Å²) in [4.78, 5) is 4.26. The third-order valence-electron chi connectivity index (χ3n) is 2.35. The Balaban J connectivity index is 1.89. The number of nitrogen functional groups attached to an aromatic ring is 1. The minimum Gasteiger partial charge on any atom is -0.368 e. The predicted octanol–water partition coefficient (Wildman–Crippen LogP) is 0.466. The van der Waals surface area contributed by atoms with Crippen LogP contribution in [0.4, 0.5) is 5.95 Å². The smallest absolute Gasteiger partial charge is 0.222 e. The van der Waals surface area contributed by atoms with Crippen LogP contribution in [0.15, 0.2) is 17.6 Å². The van der Waals surface area contributed by atoms with E-state index in [1.54, 1.807) is 22.5 Å². The molecule has 2 N–H and O–H groups in total. The van der Waals surface area contributed by atoms with Crippen molar-refractivity contribution in [1.29, 1.82) is 0 Å². The Kier molecular flexibility index (Phi) is 3.14. The Morgan fingerprint density at radius 1 is 1.38 bits per heavy atom. The number of thioether (sulfide) groups is 1. The van der Waals surface area contributed by atoms with Crippen molar-refractivity contribution in [3.63, 3.8) is 0 Å². The van der Waals surface area contributed by atoms with Gasteiger partial charge >= 0.3 is 0 Å². The minimum atomic E-state index is 0.444. The van der Waals surface area contributed by atoms with E-state index in [-0.39, 0.29) is 0 Å². The van der Waals surface area contributed by atoms with Crippen LogP contribution >= 0.6 is 11.8 Å². The molecular weight excluding hydrogens is 224 g/mol. The lowest BCUT2D eigenvalue weighted by atomic mass is 10.4. The van der Waals surface area contributed by atoms with E-state index >= 15 is 0 Å². The molecule has 86 valence electrons. The van der Waals surface area contributed by atoms with Gasteiger partial charge in [0, 0.05) is 38.7 Å². The van der Waals surface area contributed by atoms with Gasteiger partial charge in [0.2, 0.25) is 5.95 Å². The first kappa shape index (κ1) is 11.0. The lowest BCUT2D eigenvalue weighted by molar-refractivity contribution is 0.788. The van der Waals surface area contributed by atoms with Gasteiger partial charge in [-0.15, -0.1) is 10.2 Å². The Bertz CT molecular complexity index is 474. The van der Waals surface area contributed by atoms with E-state index in [9.17, 15) is 0 Å². The van der Waals surface area contributed by atoms with Gasteiger partial charge in [0.25, 0.3) is 0 Å².